The molecule has 0 saturated carbocycles. The van der Waals surface area contributed by atoms with E-state index in [1.807, 2.05) is 0 Å². The van der Waals surface area contributed by atoms with Crippen LogP contribution in [-0.2, 0) is 4.74 Å². The molecular weight excluding hydrogens is 376 g/mol. The van der Waals surface area contributed by atoms with Crippen molar-refractivity contribution in [3.63, 3.8) is 0 Å². The van der Waals surface area contributed by atoms with Gasteiger partial charge in [0.15, 0.2) is 6.10 Å². The summed E-state index contributed by atoms with van der Waals surface area (Å²) in [4.78, 5) is 24.5. The molecule has 0 bridgehead atoms. The number of hydrogen-bond acceptors (Lipinski definition) is 5. The molecule has 0 N–H and O–H groups in total. The number of methoxy groups -OCH3 is 2. The van der Waals surface area contributed by atoms with Crippen LogP contribution in [0.5, 0.6) is 11.5 Å². The molecule has 0 fully saturated rings. The fraction of sp³-hybridized carbons (Fsp3) is 0.222. The largest absolute Gasteiger partial charge is 0.497 e. The lowest BCUT2D eigenvalue weighted by atomic mass is 10.1. The monoisotopic (exact) mass is 392 g/mol. The van der Waals surface area contributed by atoms with Gasteiger partial charge >= 0.3 is 5.97 Å². The summed E-state index contributed by atoms with van der Waals surface area (Å²) < 4.78 is 16.1. The molecular formula is C18H17BrO5. The smallest absolute Gasteiger partial charge is 0.338 e. The zero-order valence-corrected chi connectivity index (χ0v) is 15.1. The second-order valence-electron chi connectivity index (χ2n) is 4.99. The molecule has 0 aromatic heterocycles. The SMILES string of the molecule is COc1ccc(C(=O)[C@H](C)OC(=O)c2ccc(OC)c(Br)c2)cc1. The summed E-state index contributed by atoms with van der Waals surface area (Å²) in [5.74, 6) is 0.402. The predicted octanol–water partition coefficient (Wildman–Crippen LogP) is 3.89. The van der Waals surface area contributed by atoms with Crippen LogP contribution in [0.15, 0.2) is 46.9 Å². The highest BCUT2D eigenvalue weighted by molar-refractivity contribution is 9.10. The molecule has 2 aromatic carbocycles. The van der Waals surface area contributed by atoms with Crippen LogP contribution in [0.1, 0.15) is 27.6 Å². The van der Waals surface area contributed by atoms with Crippen molar-refractivity contribution >= 4 is 27.7 Å². The number of ether oxygens (including phenoxy) is 3. The van der Waals surface area contributed by atoms with E-state index in [1.54, 1.807) is 56.5 Å². The number of ketones is 1. The van der Waals surface area contributed by atoms with Gasteiger partial charge in [0.2, 0.25) is 5.78 Å². The molecule has 0 radical (unpaired) electrons. The molecule has 1 atom stereocenters. The lowest BCUT2D eigenvalue weighted by Gasteiger charge is -2.13. The van der Waals surface area contributed by atoms with Crippen LogP contribution < -0.4 is 9.47 Å². The molecule has 0 unspecified atom stereocenters. The zero-order valence-electron chi connectivity index (χ0n) is 13.5. The van der Waals surface area contributed by atoms with E-state index >= 15 is 0 Å². The minimum Gasteiger partial charge on any atom is -0.497 e. The van der Waals surface area contributed by atoms with Crippen molar-refractivity contribution < 1.29 is 23.8 Å². The molecule has 0 saturated heterocycles. The Morgan fingerprint density at radius 3 is 2.12 bits per heavy atom. The Kier molecular flexibility index (Phi) is 5.98. The second-order valence-corrected chi connectivity index (χ2v) is 5.84. The number of benzene rings is 2. The van der Waals surface area contributed by atoms with Gasteiger partial charge in [-0.2, -0.15) is 0 Å². The van der Waals surface area contributed by atoms with Crippen molar-refractivity contribution in [1.82, 2.24) is 0 Å². The third-order valence-electron chi connectivity index (χ3n) is 3.42. The van der Waals surface area contributed by atoms with Gasteiger partial charge in [-0.1, -0.05) is 0 Å². The molecule has 24 heavy (non-hydrogen) atoms. The second kappa shape index (κ2) is 7.97. The summed E-state index contributed by atoms with van der Waals surface area (Å²) in [6, 6.07) is 11.5. The van der Waals surface area contributed by atoms with Crippen LogP contribution >= 0.6 is 15.9 Å². The fourth-order valence-corrected chi connectivity index (χ4v) is 2.61. The van der Waals surface area contributed by atoms with E-state index in [4.69, 9.17) is 14.2 Å². The molecule has 126 valence electrons. The fourth-order valence-electron chi connectivity index (χ4n) is 2.07. The molecule has 6 heteroatoms. The van der Waals surface area contributed by atoms with E-state index in [0.29, 0.717) is 27.1 Å². The minimum atomic E-state index is -0.897. The summed E-state index contributed by atoms with van der Waals surface area (Å²) in [5, 5.41) is 0. The Morgan fingerprint density at radius 1 is 0.958 bits per heavy atom. The van der Waals surface area contributed by atoms with Crippen molar-refractivity contribution in [2.24, 2.45) is 0 Å². The standard InChI is InChI=1S/C18H17BrO5/c1-11(17(20)12-4-7-14(22-2)8-5-12)24-18(21)13-6-9-16(23-3)15(19)10-13/h4-11H,1-3H3/t11-/m0/s1. The number of rotatable bonds is 6. The first-order valence-electron chi connectivity index (χ1n) is 7.19. The number of carbonyl (C=O) groups is 2. The van der Waals surface area contributed by atoms with Gasteiger partial charge in [-0.25, -0.2) is 4.79 Å². The maximum absolute atomic E-state index is 12.3. The first-order valence-corrected chi connectivity index (χ1v) is 7.98. The third kappa shape index (κ3) is 4.14. The van der Waals surface area contributed by atoms with Gasteiger partial charge in [-0.15, -0.1) is 0 Å². The first-order chi connectivity index (χ1) is 11.5. The van der Waals surface area contributed by atoms with Crippen molar-refractivity contribution in [3.05, 3.63) is 58.1 Å². The van der Waals surface area contributed by atoms with E-state index < -0.39 is 12.1 Å². The molecule has 0 spiro atoms. The van der Waals surface area contributed by atoms with E-state index in [1.165, 1.54) is 7.11 Å². The third-order valence-corrected chi connectivity index (χ3v) is 4.03. The average molecular weight is 393 g/mol. The van der Waals surface area contributed by atoms with Crippen LogP contribution in [0.25, 0.3) is 0 Å². The van der Waals surface area contributed by atoms with Crippen molar-refractivity contribution in [3.8, 4) is 11.5 Å². The molecule has 0 heterocycles. The molecule has 2 aromatic rings. The number of Topliss-reactive ketones (excluding diaryl/α,β-unsaturated/α-hetero) is 1. The Hall–Kier alpha value is -2.34. The summed E-state index contributed by atoms with van der Waals surface area (Å²) >= 11 is 3.31. The topological polar surface area (TPSA) is 61.8 Å². The van der Waals surface area contributed by atoms with Crippen molar-refractivity contribution in [2.75, 3.05) is 14.2 Å². The van der Waals surface area contributed by atoms with Gasteiger partial charge in [0.05, 0.1) is 24.3 Å². The van der Waals surface area contributed by atoms with Gasteiger partial charge in [-0.3, -0.25) is 4.79 Å². The van der Waals surface area contributed by atoms with Crippen molar-refractivity contribution in [2.45, 2.75) is 13.0 Å². The van der Waals surface area contributed by atoms with Crippen LogP contribution in [0, 0.1) is 0 Å². The first kappa shape index (κ1) is 18.0. The Labute approximate surface area is 148 Å². The maximum Gasteiger partial charge on any atom is 0.338 e. The quantitative estimate of drug-likeness (QED) is 0.551. The summed E-state index contributed by atoms with van der Waals surface area (Å²) in [5.41, 5.74) is 0.782. The van der Waals surface area contributed by atoms with E-state index in [2.05, 4.69) is 15.9 Å². The van der Waals surface area contributed by atoms with Gasteiger partial charge < -0.3 is 14.2 Å². The number of halogens is 1. The van der Waals surface area contributed by atoms with E-state index in [0.717, 1.165) is 0 Å². The van der Waals surface area contributed by atoms with Crippen LogP contribution in [-0.4, -0.2) is 32.1 Å². The van der Waals surface area contributed by atoms with Gasteiger partial charge in [0, 0.05) is 5.56 Å². The van der Waals surface area contributed by atoms with Crippen LogP contribution in [0.4, 0.5) is 0 Å². The molecule has 0 aliphatic heterocycles. The lowest BCUT2D eigenvalue weighted by molar-refractivity contribution is 0.0318. The van der Waals surface area contributed by atoms with Crippen LogP contribution in [0.3, 0.4) is 0 Å². The minimum absolute atomic E-state index is 0.279. The normalized spacial score (nSPS) is 11.5. The highest BCUT2D eigenvalue weighted by Gasteiger charge is 2.21. The van der Waals surface area contributed by atoms with Gasteiger partial charge in [-0.05, 0) is 65.3 Å². The molecule has 0 amide bonds. The number of hydrogen-bond donors (Lipinski definition) is 0. The molecule has 0 aliphatic carbocycles. The van der Waals surface area contributed by atoms with E-state index in [9.17, 15) is 9.59 Å². The maximum atomic E-state index is 12.3. The summed E-state index contributed by atoms with van der Waals surface area (Å²) in [6.07, 6.45) is -0.897. The summed E-state index contributed by atoms with van der Waals surface area (Å²) in [7, 11) is 3.09. The predicted molar refractivity (Wildman–Crippen MR) is 92.9 cm³/mol. The molecule has 0 aliphatic rings. The Bertz CT molecular complexity index is 740. The van der Waals surface area contributed by atoms with Crippen molar-refractivity contribution in [1.29, 1.82) is 0 Å². The average Bonchev–Trinajstić information content (AvgIpc) is 2.60. The summed E-state index contributed by atoms with van der Waals surface area (Å²) in [6.45, 7) is 1.54. The van der Waals surface area contributed by atoms with Gasteiger partial charge in [0.1, 0.15) is 11.5 Å². The molecule has 2 rings (SSSR count). The number of esters is 1. The van der Waals surface area contributed by atoms with Crippen LogP contribution in [0.2, 0.25) is 0 Å². The highest BCUT2D eigenvalue weighted by Crippen LogP contribution is 2.26. The van der Waals surface area contributed by atoms with E-state index in [-0.39, 0.29) is 5.78 Å². The Balaban J connectivity index is 2.07. The number of carbonyl (C=O) groups excluding carboxylic acids is 2. The van der Waals surface area contributed by atoms with Gasteiger partial charge in [0.25, 0.3) is 0 Å². The highest BCUT2D eigenvalue weighted by atomic mass is 79.9. The Morgan fingerprint density at radius 2 is 1.58 bits per heavy atom. The zero-order chi connectivity index (χ0) is 17.7. The molecule has 5 nitrogen and oxygen atoms in total. The lowest BCUT2D eigenvalue weighted by Crippen LogP contribution is -2.24.